The summed E-state index contributed by atoms with van der Waals surface area (Å²) in [6.07, 6.45) is 5.01. The Morgan fingerprint density at radius 1 is 1.13 bits per heavy atom. The summed E-state index contributed by atoms with van der Waals surface area (Å²) in [7, 11) is 0. The molecule has 2 atom stereocenters. The molecule has 15 heavy (non-hydrogen) atoms. The second kappa shape index (κ2) is 5.29. The van der Waals surface area contributed by atoms with Gasteiger partial charge in [0.1, 0.15) is 0 Å². The number of benzene rings is 1. The van der Waals surface area contributed by atoms with Crippen molar-refractivity contribution in [3.8, 4) is 0 Å². The fraction of sp³-hybridized carbons (Fsp3) is 0.538. The molecule has 2 rings (SSSR count). The maximum absolute atomic E-state index is 6.02. The molecule has 0 bridgehead atoms. The Morgan fingerprint density at radius 3 is 2.60 bits per heavy atom. The summed E-state index contributed by atoms with van der Waals surface area (Å²) in [6, 6.07) is 10.5. The Bertz CT molecular complexity index is 286. The van der Waals surface area contributed by atoms with Crippen molar-refractivity contribution in [3.63, 3.8) is 0 Å². The van der Waals surface area contributed by atoms with Gasteiger partial charge in [-0.3, -0.25) is 0 Å². The summed E-state index contributed by atoms with van der Waals surface area (Å²) in [5.41, 5.74) is 7.25. The van der Waals surface area contributed by atoms with Gasteiger partial charge in [0.15, 0.2) is 0 Å². The third-order valence-electron chi connectivity index (χ3n) is 3.06. The highest BCUT2D eigenvalue weighted by atomic mass is 16.5. The van der Waals surface area contributed by atoms with Gasteiger partial charge in [-0.05, 0) is 18.4 Å². The van der Waals surface area contributed by atoms with Gasteiger partial charge in [-0.25, -0.2) is 0 Å². The van der Waals surface area contributed by atoms with Gasteiger partial charge in [0.05, 0.1) is 12.7 Å². The van der Waals surface area contributed by atoms with Crippen LogP contribution < -0.4 is 5.73 Å². The lowest BCUT2D eigenvalue weighted by Gasteiger charge is -2.28. The van der Waals surface area contributed by atoms with E-state index in [9.17, 15) is 0 Å². The summed E-state index contributed by atoms with van der Waals surface area (Å²) < 4.78 is 5.86. The number of hydrogen-bond donors (Lipinski definition) is 1. The summed E-state index contributed by atoms with van der Waals surface area (Å²) in [5.74, 6) is 0. The molecule has 1 aliphatic carbocycles. The van der Waals surface area contributed by atoms with Gasteiger partial charge < -0.3 is 10.5 Å². The van der Waals surface area contributed by atoms with Crippen molar-refractivity contribution in [2.45, 2.75) is 44.4 Å². The molecular formula is C13H19NO. The van der Waals surface area contributed by atoms with E-state index in [0.29, 0.717) is 6.61 Å². The molecule has 0 aromatic heterocycles. The van der Waals surface area contributed by atoms with Crippen LogP contribution >= 0.6 is 0 Å². The molecule has 1 aromatic rings. The molecule has 0 spiro atoms. The minimum Gasteiger partial charge on any atom is -0.372 e. The Kier molecular flexibility index (Phi) is 3.75. The molecular weight excluding hydrogens is 186 g/mol. The van der Waals surface area contributed by atoms with Crippen molar-refractivity contribution in [3.05, 3.63) is 35.9 Å². The summed E-state index contributed by atoms with van der Waals surface area (Å²) in [6.45, 7) is 0.694. The van der Waals surface area contributed by atoms with Crippen molar-refractivity contribution >= 4 is 0 Å². The molecule has 2 nitrogen and oxygen atoms in total. The molecule has 0 saturated heterocycles. The summed E-state index contributed by atoms with van der Waals surface area (Å²) >= 11 is 0. The third kappa shape index (κ3) is 3.05. The SMILES string of the molecule is N[C@H]1CCCC[C@H]1OCc1ccccc1. The lowest BCUT2D eigenvalue weighted by atomic mass is 9.93. The number of hydrogen-bond acceptors (Lipinski definition) is 2. The molecule has 1 aliphatic rings. The second-order valence-electron chi connectivity index (χ2n) is 4.28. The topological polar surface area (TPSA) is 35.2 Å². The Hall–Kier alpha value is -0.860. The van der Waals surface area contributed by atoms with E-state index in [4.69, 9.17) is 10.5 Å². The van der Waals surface area contributed by atoms with Crippen molar-refractivity contribution in [1.29, 1.82) is 0 Å². The molecule has 0 radical (unpaired) electrons. The zero-order valence-corrected chi connectivity index (χ0v) is 9.06. The average Bonchev–Trinajstić information content (AvgIpc) is 2.29. The molecule has 2 heteroatoms. The predicted molar refractivity (Wildman–Crippen MR) is 61.5 cm³/mol. The van der Waals surface area contributed by atoms with Crippen LogP contribution in [0.2, 0.25) is 0 Å². The minimum atomic E-state index is 0.238. The van der Waals surface area contributed by atoms with Crippen molar-refractivity contribution in [1.82, 2.24) is 0 Å². The van der Waals surface area contributed by atoms with Gasteiger partial charge >= 0.3 is 0 Å². The molecule has 1 saturated carbocycles. The highest BCUT2D eigenvalue weighted by molar-refractivity contribution is 5.13. The molecule has 1 aromatic carbocycles. The van der Waals surface area contributed by atoms with Gasteiger partial charge in [0, 0.05) is 6.04 Å². The van der Waals surface area contributed by atoms with Crippen LogP contribution in [0.25, 0.3) is 0 Å². The first-order valence-electron chi connectivity index (χ1n) is 5.77. The second-order valence-corrected chi connectivity index (χ2v) is 4.28. The Labute approximate surface area is 91.4 Å². The molecule has 0 aliphatic heterocycles. The minimum absolute atomic E-state index is 0.238. The highest BCUT2D eigenvalue weighted by Gasteiger charge is 2.21. The lowest BCUT2D eigenvalue weighted by Crippen LogP contribution is -2.39. The smallest absolute Gasteiger partial charge is 0.0730 e. The van der Waals surface area contributed by atoms with Crippen molar-refractivity contribution < 1.29 is 4.74 Å². The van der Waals surface area contributed by atoms with Crippen molar-refractivity contribution in [2.24, 2.45) is 5.73 Å². The average molecular weight is 205 g/mol. The number of nitrogens with two attached hydrogens (primary N) is 1. The van der Waals surface area contributed by atoms with Crippen LogP contribution in [0.3, 0.4) is 0 Å². The van der Waals surface area contributed by atoms with Crippen LogP contribution in [0, 0.1) is 0 Å². The van der Waals surface area contributed by atoms with E-state index in [1.165, 1.54) is 18.4 Å². The first-order chi connectivity index (χ1) is 7.36. The van der Waals surface area contributed by atoms with E-state index >= 15 is 0 Å². The molecule has 82 valence electrons. The monoisotopic (exact) mass is 205 g/mol. The van der Waals surface area contributed by atoms with Crippen molar-refractivity contribution in [2.75, 3.05) is 0 Å². The molecule has 1 fully saturated rings. The first-order valence-corrected chi connectivity index (χ1v) is 5.77. The Balaban J connectivity index is 1.82. The van der Waals surface area contributed by atoms with E-state index in [2.05, 4.69) is 12.1 Å². The van der Waals surface area contributed by atoms with Gasteiger partial charge in [-0.2, -0.15) is 0 Å². The fourth-order valence-corrected chi connectivity index (χ4v) is 2.11. The summed E-state index contributed by atoms with van der Waals surface area (Å²) in [5, 5.41) is 0. The van der Waals surface area contributed by atoms with Crippen LogP contribution in [0.15, 0.2) is 30.3 Å². The standard InChI is InChI=1S/C13H19NO/c14-12-8-4-5-9-13(12)15-10-11-6-2-1-3-7-11/h1-3,6-7,12-13H,4-5,8-10,14H2/t12-,13+/m0/s1. The van der Waals surface area contributed by atoms with E-state index in [-0.39, 0.29) is 12.1 Å². The quantitative estimate of drug-likeness (QED) is 0.822. The molecule has 0 heterocycles. The van der Waals surface area contributed by atoms with Crippen LogP contribution in [-0.2, 0) is 11.3 Å². The zero-order chi connectivity index (χ0) is 10.5. The van der Waals surface area contributed by atoms with E-state index in [1.54, 1.807) is 0 Å². The lowest BCUT2D eigenvalue weighted by molar-refractivity contribution is 0.00404. The Morgan fingerprint density at radius 2 is 1.87 bits per heavy atom. The van der Waals surface area contributed by atoms with E-state index in [1.807, 2.05) is 18.2 Å². The van der Waals surface area contributed by atoms with Gasteiger partial charge in [0.2, 0.25) is 0 Å². The van der Waals surface area contributed by atoms with Crippen LogP contribution in [0.4, 0.5) is 0 Å². The number of rotatable bonds is 3. The van der Waals surface area contributed by atoms with E-state index < -0.39 is 0 Å². The predicted octanol–water partition coefficient (Wildman–Crippen LogP) is 2.47. The molecule has 2 N–H and O–H groups in total. The van der Waals surface area contributed by atoms with Gasteiger partial charge in [-0.15, -0.1) is 0 Å². The molecule has 0 amide bonds. The summed E-state index contributed by atoms with van der Waals surface area (Å²) in [4.78, 5) is 0. The van der Waals surface area contributed by atoms with E-state index in [0.717, 1.165) is 12.8 Å². The zero-order valence-electron chi connectivity index (χ0n) is 9.06. The number of ether oxygens (including phenoxy) is 1. The van der Waals surface area contributed by atoms with Crippen LogP contribution in [0.5, 0.6) is 0 Å². The van der Waals surface area contributed by atoms with Crippen LogP contribution in [-0.4, -0.2) is 12.1 Å². The first kappa shape index (κ1) is 10.7. The fourth-order valence-electron chi connectivity index (χ4n) is 2.11. The normalized spacial score (nSPS) is 26.5. The largest absolute Gasteiger partial charge is 0.372 e. The van der Waals surface area contributed by atoms with Gasteiger partial charge in [-0.1, -0.05) is 43.2 Å². The third-order valence-corrected chi connectivity index (χ3v) is 3.06. The highest BCUT2D eigenvalue weighted by Crippen LogP contribution is 2.20. The maximum Gasteiger partial charge on any atom is 0.0730 e. The molecule has 0 unspecified atom stereocenters. The van der Waals surface area contributed by atoms with Gasteiger partial charge in [0.25, 0.3) is 0 Å². The maximum atomic E-state index is 6.02. The van der Waals surface area contributed by atoms with Crippen LogP contribution in [0.1, 0.15) is 31.2 Å².